The number of anilines is 1. The van der Waals surface area contributed by atoms with Crippen molar-refractivity contribution in [3.8, 4) is 0 Å². The average molecular weight is 315 g/mol. The molecule has 80 valence electrons. The zero-order chi connectivity index (χ0) is 11.0. The fourth-order valence-electron chi connectivity index (χ4n) is 1.86. The number of aryl methyl sites for hydroxylation is 1. The largest absolute Gasteiger partial charge is 0.365 e. The monoisotopic (exact) mass is 315 g/mol. The molecule has 1 N–H and O–H groups in total. The van der Waals surface area contributed by atoms with Gasteiger partial charge < -0.3 is 4.90 Å². The molecule has 0 amide bonds. The number of nitrogens with one attached hydrogen (secondary N) is 1. The number of alkyl halides is 1. The second-order valence-corrected chi connectivity index (χ2v) is 4.50. The topological polar surface area (TPSA) is 31.9 Å². The quantitative estimate of drug-likeness (QED) is 0.525. The van der Waals surface area contributed by atoms with Crippen LogP contribution in [0.4, 0.5) is 5.69 Å². The highest BCUT2D eigenvalue weighted by molar-refractivity contribution is 14.1. The van der Waals surface area contributed by atoms with Gasteiger partial charge in [0.25, 0.3) is 0 Å². The Morgan fingerprint density at radius 2 is 2.20 bits per heavy atom. The molecule has 1 heterocycles. The molecule has 2 aromatic rings. The van der Waals surface area contributed by atoms with Crippen LogP contribution < -0.4 is 4.90 Å². The second kappa shape index (κ2) is 4.00. The molecule has 4 heteroatoms. The van der Waals surface area contributed by atoms with E-state index >= 15 is 0 Å². The van der Waals surface area contributed by atoms with Crippen LogP contribution in [-0.2, 0) is 0 Å². The zero-order valence-electron chi connectivity index (χ0n) is 9.13. The first kappa shape index (κ1) is 10.7. The van der Waals surface area contributed by atoms with Crippen LogP contribution in [-0.4, -0.2) is 21.8 Å². The molecule has 0 saturated carbocycles. The average Bonchev–Trinajstić information content (AvgIpc) is 2.66. The van der Waals surface area contributed by atoms with Crippen LogP contribution in [0.1, 0.15) is 11.1 Å². The van der Waals surface area contributed by atoms with Crippen LogP contribution in [0, 0.1) is 13.8 Å². The Bertz CT molecular complexity index is 490. The van der Waals surface area contributed by atoms with E-state index in [4.69, 9.17) is 0 Å². The van der Waals surface area contributed by atoms with Gasteiger partial charge in [0.1, 0.15) is 0 Å². The van der Waals surface area contributed by atoms with Crippen LogP contribution >= 0.6 is 22.6 Å². The number of fused-ring (bicyclic) bond motifs is 1. The number of aromatic nitrogens is 2. The maximum Gasteiger partial charge on any atom is 0.0696 e. The summed E-state index contributed by atoms with van der Waals surface area (Å²) in [6.07, 6.45) is 1.90. The zero-order valence-corrected chi connectivity index (χ0v) is 11.3. The lowest BCUT2D eigenvalue weighted by Gasteiger charge is -2.20. The molecule has 1 aromatic heterocycles. The molecule has 0 saturated heterocycles. The van der Waals surface area contributed by atoms with E-state index in [0.717, 1.165) is 10.1 Å². The van der Waals surface area contributed by atoms with Gasteiger partial charge in [0.15, 0.2) is 0 Å². The van der Waals surface area contributed by atoms with Crippen LogP contribution in [0.3, 0.4) is 0 Å². The van der Waals surface area contributed by atoms with Gasteiger partial charge in [-0.05, 0) is 31.0 Å². The Kier molecular flexibility index (Phi) is 2.86. The van der Waals surface area contributed by atoms with Gasteiger partial charge in [0.2, 0.25) is 0 Å². The van der Waals surface area contributed by atoms with Gasteiger partial charge in [-0.2, -0.15) is 5.10 Å². The molecule has 0 bridgehead atoms. The molecule has 0 unspecified atom stereocenters. The molecule has 15 heavy (non-hydrogen) atoms. The van der Waals surface area contributed by atoms with Crippen molar-refractivity contribution >= 4 is 39.2 Å². The van der Waals surface area contributed by atoms with Gasteiger partial charge in [-0.15, -0.1) is 0 Å². The molecule has 0 atom stereocenters. The van der Waals surface area contributed by atoms with Crippen molar-refractivity contribution < 1.29 is 0 Å². The molecular weight excluding hydrogens is 301 g/mol. The summed E-state index contributed by atoms with van der Waals surface area (Å²) in [5.74, 6) is 0. The maximum absolute atomic E-state index is 4.11. The highest BCUT2D eigenvalue weighted by atomic mass is 127. The van der Waals surface area contributed by atoms with E-state index < -0.39 is 0 Å². The van der Waals surface area contributed by atoms with E-state index in [9.17, 15) is 0 Å². The molecule has 2 rings (SSSR count). The van der Waals surface area contributed by atoms with E-state index in [1.54, 1.807) is 0 Å². The van der Waals surface area contributed by atoms with E-state index in [1.807, 2.05) is 6.20 Å². The van der Waals surface area contributed by atoms with E-state index in [-0.39, 0.29) is 0 Å². The first-order valence-electron chi connectivity index (χ1n) is 4.85. The summed E-state index contributed by atoms with van der Waals surface area (Å²) >= 11 is 2.37. The smallest absolute Gasteiger partial charge is 0.0696 e. The van der Waals surface area contributed by atoms with Gasteiger partial charge in [0.05, 0.1) is 22.0 Å². The number of rotatable bonds is 2. The molecular formula is C11H14IN3. The summed E-state index contributed by atoms with van der Waals surface area (Å²) in [4.78, 5) is 2.25. The predicted molar refractivity (Wildman–Crippen MR) is 72.9 cm³/mol. The second-order valence-electron chi connectivity index (χ2n) is 3.82. The number of halogens is 1. The lowest BCUT2D eigenvalue weighted by Crippen LogP contribution is -2.15. The van der Waals surface area contributed by atoms with Crippen molar-refractivity contribution in [3.63, 3.8) is 0 Å². The molecule has 0 aliphatic heterocycles. The highest BCUT2D eigenvalue weighted by Gasteiger charge is 2.12. The standard InChI is InChI=1S/C11H14IN3/c1-7-4-10-9(5-13-14-10)11(8(7)2)15(3)6-12/h4-5H,6H2,1-3H3,(H,13,14). The highest BCUT2D eigenvalue weighted by Crippen LogP contribution is 2.31. The van der Waals surface area contributed by atoms with E-state index in [1.165, 1.54) is 22.2 Å². The van der Waals surface area contributed by atoms with Crippen molar-refractivity contribution in [1.82, 2.24) is 10.2 Å². The number of benzene rings is 1. The van der Waals surface area contributed by atoms with Crippen LogP contribution in [0.5, 0.6) is 0 Å². The number of nitrogens with zero attached hydrogens (tertiary/aromatic N) is 2. The summed E-state index contributed by atoms with van der Waals surface area (Å²) in [7, 11) is 2.11. The molecule has 0 aliphatic carbocycles. The first-order chi connectivity index (χ1) is 7.15. The van der Waals surface area contributed by atoms with Gasteiger partial charge in [-0.3, -0.25) is 5.10 Å². The van der Waals surface area contributed by atoms with Crippen molar-refractivity contribution in [2.75, 3.05) is 16.5 Å². The molecule has 0 fully saturated rings. The summed E-state index contributed by atoms with van der Waals surface area (Å²) < 4.78 is 0.975. The third kappa shape index (κ3) is 1.71. The molecule has 0 radical (unpaired) electrons. The summed E-state index contributed by atoms with van der Waals surface area (Å²) in [5.41, 5.74) is 5.04. The third-order valence-electron chi connectivity index (χ3n) is 2.79. The Balaban J connectivity index is 2.77. The lowest BCUT2D eigenvalue weighted by atomic mass is 10.0. The van der Waals surface area contributed by atoms with Gasteiger partial charge in [0, 0.05) is 12.4 Å². The van der Waals surface area contributed by atoms with Gasteiger partial charge in [-0.25, -0.2) is 0 Å². The molecule has 0 aliphatic rings. The summed E-state index contributed by atoms with van der Waals surface area (Å²) in [5, 5.41) is 8.34. The Labute approximate surface area is 103 Å². The fourth-order valence-corrected chi connectivity index (χ4v) is 2.20. The van der Waals surface area contributed by atoms with E-state index in [2.05, 4.69) is 64.6 Å². The summed E-state index contributed by atoms with van der Waals surface area (Å²) in [6.45, 7) is 4.31. The van der Waals surface area contributed by atoms with Crippen LogP contribution in [0.2, 0.25) is 0 Å². The number of H-pyrrole nitrogens is 1. The predicted octanol–water partition coefficient (Wildman–Crippen LogP) is 3.01. The van der Waals surface area contributed by atoms with Crippen molar-refractivity contribution in [2.24, 2.45) is 0 Å². The summed E-state index contributed by atoms with van der Waals surface area (Å²) in [6, 6.07) is 2.15. The number of hydrogen-bond acceptors (Lipinski definition) is 2. The molecule has 3 nitrogen and oxygen atoms in total. The third-order valence-corrected chi connectivity index (χ3v) is 3.82. The van der Waals surface area contributed by atoms with Gasteiger partial charge in [-0.1, -0.05) is 22.6 Å². The number of hydrogen-bond donors (Lipinski definition) is 1. The Morgan fingerprint density at radius 1 is 1.47 bits per heavy atom. The van der Waals surface area contributed by atoms with Crippen molar-refractivity contribution in [2.45, 2.75) is 13.8 Å². The SMILES string of the molecule is Cc1cc2[nH]ncc2c(N(C)CI)c1C. The first-order valence-corrected chi connectivity index (χ1v) is 6.38. The normalized spacial score (nSPS) is 10.9. The Morgan fingerprint density at radius 3 is 2.87 bits per heavy atom. The Hall–Kier alpha value is -0.780. The van der Waals surface area contributed by atoms with Crippen LogP contribution in [0.15, 0.2) is 12.3 Å². The van der Waals surface area contributed by atoms with Crippen molar-refractivity contribution in [3.05, 3.63) is 23.4 Å². The lowest BCUT2D eigenvalue weighted by molar-refractivity contribution is 1.10. The van der Waals surface area contributed by atoms with Crippen LogP contribution in [0.25, 0.3) is 10.9 Å². The minimum Gasteiger partial charge on any atom is -0.365 e. The minimum absolute atomic E-state index is 0.975. The van der Waals surface area contributed by atoms with E-state index in [0.29, 0.717) is 0 Å². The molecule has 0 spiro atoms. The van der Waals surface area contributed by atoms with Gasteiger partial charge >= 0.3 is 0 Å². The molecule has 1 aromatic carbocycles. The number of aromatic amines is 1. The fraction of sp³-hybridized carbons (Fsp3) is 0.364. The van der Waals surface area contributed by atoms with Crippen molar-refractivity contribution in [1.29, 1.82) is 0 Å². The minimum atomic E-state index is 0.975. The maximum atomic E-state index is 4.11.